The molecule has 0 aliphatic carbocycles. The normalized spacial score (nSPS) is 10.7. The van der Waals surface area contributed by atoms with Crippen molar-refractivity contribution in [1.82, 2.24) is 4.98 Å². The van der Waals surface area contributed by atoms with E-state index in [1.165, 1.54) is 0 Å². The van der Waals surface area contributed by atoms with Crippen molar-refractivity contribution in [2.45, 2.75) is 6.43 Å². The first-order valence-electron chi connectivity index (χ1n) is 3.27. The first kappa shape index (κ1) is 11.6. The fourth-order valence-corrected chi connectivity index (χ4v) is 1.70. The molecular weight excluding hydrogens is 258 g/mol. The minimum Gasteiger partial charge on any atom is -0.275 e. The van der Waals surface area contributed by atoms with E-state index in [9.17, 15) is 13.6 Å². The summed E-state index contributed by atoms with van der Waals surface area (Å²) in [6.07, 6.45) is -2.80. The maximum absolute atomic E-state index is 12.2. The minimum atomic E-state index is -2.80. The van der Waals surface area contributed by atoms with Crippen LogP contribution in [0.3, 0.4) is 0 Å². The summed E-state index contributed by atoms with van der Waals surface area (Å²) in [4.78, 5) is 14.0. The van der Waals surface area contributed by atoms with E-state index in [-0.39, 0.29) is 10.6 Å². The van der Waals surface area contributed by atoms with E-state index in [4.69, 9.17) is 34.8 Å². The standard InChI is InChI=1S/C7H2Cl3F2NO/c8-2-1-3(7(11)12)13-5(9)4(2)6(10)14/h1,7H. The van der Waals surface area contributed by atoms with Crippen LogP contribution < -0.4 is 0 Å². The molecule has 0 spiro atoms. The summed E-state index contributed by atoms with van der Waals surface area (Å²) >= 11 is 16.1. The van der Waals surface area contributed by atoms with E-state index >= 15 is 0 Å². The Morgan fingerprint density at radius 2 is 2.00 bits per heavy atom. The lowest BCUT2D eigenvalue weighted by Gasteiger charge is -2.04. The Kier molecular flexibility index (Phi) is 3.64. The second-order valence-corrected chi connectivity index (χ2v) is 3.38. The van der Waals surface area contributed by atoms with Gasteiger partial charge in [0.1, 0.15) is 10.8 Å². The monoisotopic (exact) mass is 259 g/mol. The van der Waals surface area contributed by atoms with Gasteiger partial charge in [-0.15, -0.1) is 0 Å². The molecule has 76 valence electrons. The van der Waals surface area contributed by atoms with Crippen LogP contribution in [0.25, 0.3) is 0 Å². The maximum atomic E-state index is 12.2. The number of carbonyl (C=O) groups is 1. The highest BCUT2D eigenvalue weighted by molar-refractivity contribution is 6.69. The Bertz CT molecular complexity index is 360. The number of carbonyl (C=O) groups excluding carboxylic acids is 1. The Morgan fingerprint density at radius 1 is 1.43 bits per heavy atom. The second-order valence-electron chi connectivity index (χ2n) is 2.27. The van der Waals surface area contributed by atoms with Crippen molar-refractivity contribution in [2.24, 2.45) is 0 Å². The molecule has 0 fully saturated rings. The largest absolute Gasteiger partial charge is 0.280 e. The Morgan fingerprint density at radius 3 is 2.36 bits per heavy atom. The average Bonchev–Trinajstić information content (AvgIpc) is 2.01. The number of hydrogen-bond acceptors (Lipinski definition) is 2. The van der Waals surface area contributed by atoms with Crippen molar-refractivity contribution in [3.8, 4) is 0 Å². The summed E-state index contributed by atoms with van der Waals surface area (Å²) in [5.74, 6) is 0. The summed E-state index contributed by atoms with van der Waals surface area (Å²) < 4.78 is 24.3. The number of hydrogen-bond donors (Lipinski definition) is 0. The van der Waals surface area contributed by atoms with Gasteiger partial charge in [-0.3, -0.25) is 4.79 Å². The summed E-state index contributed by atoms with van der Waals surface area (Å²) in [6.45, 7) is 0. The number of rotatable bonds is 2. The molecule has 0 saturated heterocycles. The minimum absolute atomic E-state index is 0.236. The van der Waals surface area contributed by atoms with Crippen LogP contribution in [0.4, 0.5) is 8.78 Å². The van der Waals surface area contributed by atoms with Gasteiger partial charge in [-0.25, -0.2) is 13.8 Å². The molecule has 1 rings (SSSR count). The molecule has 0 saturated carbocycles. The van der Waals surface area contributed by atoms with Crippen molar-refractivity contribution in [3.05, 3.63) is 27.5 Å². The Hall–Kier alpha value is -0.450. The van der Waals surface area contributed by atoms with Crippen LogP contribution in [0, 0.1) is 0 Å². The van der Waals surface area contributed by atoms with Gasteiger partial charge in [0, 0.05) is 0 Å². The van der Waals surface area contributed by atoms with Gasteiger partial charge in [-0.1, -0.05) is 23.2 Å². The van der Waals surface area contributed by atoms with E-state index in [1.807, 2.05) is 0 Å². The summed E-state index contributed by atoms with van der Waals surface area (Å²) in [5, 5.41) is -1.60. The molecule has 0 bridgehead atoms. The maximum Gasteiger partial charge on any atom is 0.280 e. The number of alkyl halides is 2. The molecule has 0 aliphatic heterocycles. The average molecular weight is 260 g/mol. The van der Waals surface area contributed by atoms with Crippen molar-refractivity contribution in [2.75, 3.05) is 0 Å². The molecule has 1 aromatic heterocycles. The van der Waals surface area contributed by atoms with Crippen molar-refractivity contribution >= 4 is 40.0 Å². The van der Waals surface area contributed by atoms with Gasteiger partial charge in [0.25, 0.3) is 11.7 Å². The first-order chi connectivity index (χ1) is 6.43. The lowest BCUT2D eigenvalue weighted by atomic mass is 10.2. The first-order valence-corrected chi connectivity index (χ1v) is 4.40. The fraction of sp³-hybridized carbons (Fsp3) is 0.143. The predicted molar refractivity (Wildman–Crippen MR) is 49.4 cm³/mol. The third-order valence-electron chi connectivity index (χ3n) is 1.37. The molecule has 2 nitrogen and oxygen atoms in total. The third-order valence-corrected chi connectivity index (χ3v) is 2.13. The number of halogens is 5. The molecule has 0 N–H and O–H groups in total. The molecule has 0 aromatic carbocycles. The van der Waals surface area contributed by atoms with Crippen molar-refractivity contribution in [3.63, 3.8) is 0 Å². The van der Waals surface area contributed by atoms with Crippen LogP contribution >= 0.6 is 34.8 Å². The molecule has 0 radical (unpaired) electrons. The van der Waals surface area contributed by atoms with Gasteiger partial charge < -0.3 is 0 Å². The van der Waals surface area contributed by atoms with Crippen LogP contribution in [-0.2, 0) is 0 Å². The van der Waals surface area contributed by atoms with Gasteiger partial charge in [-0.2, -0.15) is 0 Å². The number of nitrogens with zero attached hydrogens (tertiary/aromatic N) is 1. The summed E-state index contributed by atoms with van der Waals surface area (Å²) in [5.41, 5.74) is -0.860. The fourth-order valence-electron chi connectivity index (χ4n) is 0.789. The third kappa shape index (κ3) is 2.32. The molecule has 0 aliphatic rings. The molecular formula is C7H2Cl3F2NO. The molecule has 7 heteroatoms. The van der Waals surface area contributed by atoms with E-state index in [0.717, 1.165) is 6.07 Å². The van der Waals surface area contributed by atoms with E-state index < -0.39 is 22.5 Å². The van der Waals surface area contributed by atoms with Gasteiger partial charge in [0.2, 0.25) is 0 Å². The van der Waals surface area contributed by atoms with E-state index in [2.05, 4.69) is 4.98 Å². The summed E-state index contributed by atoms with van der Waals surface area (Å²) in [7, 11) is 0. The topological polar surface area (TPSA) is 30.0 Å². The highest BCUT2D eigenvalue weighted by atomic mass is 35.5. The zero-order valence-corrected chi connectivity index (χ0v) is 8.67. The van der Waals surface area contributed by atoms with Gasteiger partial charge in [0.15, 0.2) is 0 Å². The molecule has 1 heterocycles. The van der Waals surface area contributed by atoms with Gasteiger partial charge in [-0.05, 0) is 17.7 Å². The zero-order chi connectivity index (χ0) is 10.9. The van der Waals surface area contributed by atoms with Crippen LogP contribution in [0.15, 0.2) is 6.07 Å². The van der Waals surface area contributed by atoms with E-state index in [1.54, 1.807) is 0 Å². The quantitative estimate of drug-likeness (QED) is 0.599. The molecule has 0 atom stereocenters. The van der Waals surface area contributed by atoms with Crippen LogP contribution in [0.1, 0.15) is 22.5 Å². The predicted octanol–water partition coefficient (Wildman–Crippen LogP) is 3.71. The van der Waals surface area contributed by atoms with Crippen LogP contribution in [0.5, 0.6) is 0 Å². The Balaban J connectivity index is 3.32. The highest BCUT2D eigenvalue weighted by Gasteiger charge is 2.19. The zero-order valence-electron chi connectivity index (χ0n) is 6.40. The highest BCUT2D eigenvalue weighted by Crippen LogP contribution is 2.29. The molecule has 1 aromatic rings. The van der Waals surface area contributed by atoms with Crippen molar-refractivity contribution in [1.29, 1.82) is 0 Å². The van der Waals surface area contributed by atoms with Gasteiger partial charge in [0.05, 0.1) is 10.6 Å². The molecule has 0 unspecified atom stereocenters. The van der Waals surface area contributed by atoms with Crippen molar-refractivity contribution < 1.29 is 13.6 Å². The van der Waals surface area contributed by atoms with E-state index in [0.29, 0.717) is 0 Å². The molecule has 14 heavy (non-hydrogen) atoms. The lowest BCUT2D eigenvalue weighted by molar-refractivity contribution is 0.108. The van der Waals surface area contributed by atoms with Gasteiger partial charge >= 0.3 is 0 Å². The molecule has 0 amide bonds. The SMILES string of the molecule is O=C(Cl)c1c(Cl)cc(C(F)F)nc1Cl. The van der Waals surface area contributed by atoms with Crippen LogP contribution in [0.2, 0.25) is 10.2 Å². The summed E-state index contributed by atoms with van der Waals surface area (Å²) in [6, 6.07) is 0.855. The van der Waals surface area contributed by atoms with Crippen LogP contribution in [-0.4, -0.2) is 10.2 Å². The number of pyridine rings is 1. The number of aromatic nitrogens is 1. The lowest BCUT2D eigenvalue weighted by Crippen LogP contribution is -1.99. The smallest absolute Gasteiger partial charge is 0.275 e. The Labute approximate surface area is 92.8 Å². The second kappa shape index (κ2) is 4.38.